The smallest absolute Gasteiger partial charge is 0.220 e. The first-order valence-electron chi connectivity index (χ1n) is 5.13. The molecule has 0 unspecified atom stereocenters. The van der Waals surface area contributed by atoms with Gasteiger partial charge in [0.2, 0.25) is 5.88 Å². The SMILES string of the molecule is c1nc2c(c(OC3CNC3)n1)CCC2. The Balaban J connectivity index is 1.85. The Labute approximate surface area is 82.7 Å². The summed E-state index contributed by atoms with van der Waals surface area (Å²) in [6.07, 6.45) is 5.27. The molecule has 0 spiro atoms. The Morgan fingerprint density at radius 1 is 1.29 bits per heavy atom. The Hall–Kier alpha value is -1.16. The van der Waals surface area contributed by atoms with Crippen molar-refractivity contribution in [3.63, 3.8) is 0 Å². The number of nitrogens with zero attached hydrogens (tertiary/aromatic N) is 2. The van der Waals surface area contributed by atoms with Gasteiger partial charge in [0.25, 0.3) is 0 Å². The fourth-order valence-electron chi connectivity index (χ4n) is 1.93. The second kappa shape index (κ2) is 3.20. The summed E-state index contributed by atoms with van der Waals surface area (Å²) in [6.45, 7) is 1.89. The molecule has 0 radical (unpaired) electrons. The zero-order chi connectivity index (χ0) is 9.38. The van der Waals surface area contributed by atoms with E-state index < -0.39 is 0 Å². The summed E-state index contributed by atoms with van der Waals surface area (Å²) in [7, 11) is 0. The molecule has 2 aliphatic rings. The van der Waals surface area contributed by atoms with E-state index in [-0.39, 0.29) is 0 Å². The zero-order valence-electron chi connectivity index (χ0n) is 7.99. The lowest BCUT2D eigenvalue weighted by atomic mass is 10.2. The summed E-state index contributed by atoms with van der Waals surface area (Å²) >= 11 is 0. The van der Waals surface area contributed by atoms with Gasteiger partial charge in [0, 0.05) is 18.7 Å². The van der Waals surface area contributed by atoms with Gasteiger partial charge in [-0.2, -0.15) is 0 Å². The fourth-order valence-corrected chi connectivity index (χ4v) is 1.93. The number of aryl methyl sites for hydroxylation is 1. The summed E-state index contributed by atoms with van der Waals surface area (Å²) in [4.78, 5) is 8.48. The third-order valence-corrected chi connectivity index (χ3v) is 2.86. The van der Waals surface area contributed by atoms with Gasteiger partial charge in [-0.15, -0.1) is 0 Å². The highest BCUT2D eigenvalue weighted by Crippen LogP contribution is 2.27. The Morgan fingerprint density at radius 2 is 2.21 bits per heavy atom. The number of hydrogen-bond donors (Lipinski definition) is 1. The normalized spacial score (nSPS) is 20.3. The lowest BCUT2D eigenvalue weighted by Gasteiger charge is -2.27. The molecule has 0 aromatic carbocycles. The van der Waals surface area contributed by atoms with Gasteiger partial charge < -0.3 is 10.1 Å². The second-order valence-corrected chi connectivity index (χ2v) is 3.86. The van der Waals surface area contributed by atoms with Crippen LogP contribution in [0.3, 0.4) is 0 Å². The van der Waals surface area contributed by atoms with Crippen molar-refractivity contribution < 1.29 is 4.74 Å². The molecule has 4 nitrogen and oxygen atoms in total. The minimum atomic E-state index is 0.314. The second-order valence-electron chi connectivity index (χ2n) is 3.86. The van der Waals surface area contributed by atoms with Crippen LogP contribution in [0.25, 0.3) is 0 Å². The Morgan fingerprint density at radius 3 is 3.00 bits per heavy atom. The Bertz CT molecular complexity index is 349. The molecule has 1 aliphatic carbocycles. The molecule has 0 saturated carbocycles. The van der Waals surface area contributed by atoms with Crippen LogP contribution in [0.15, 0.2) is 6.33 Å². The maximum absolute atomic E-state index is 5.78. The minimum absolute atomic E-state index is 0.314. The first-order valence-corrected chi connectivity index (χ1v) is 5.13. The molecule has 3 rings (SSSR count). The van der Waals surface area contributed by atoms with Gasteiger partial charge in [0.15, 0.2) is 0 Å². The average molecular weight is 191 g/mol. The van der Waals surface area contributed by atoms with Crippen molar-refractivity contribution in [2.75, 3.05) is 13.1 Å². The van der Waals surface area contributed by atoms with Gasteiger partial charge in [-0.3, -0.25) is 0 Å². The van der Waals surface area contributed by atoms with Crippen LogP contribution in [0.4, 0.5) is 0 Å². The van der Waals surface area contributed by atoms with Crippen LogP contribution in [0.5, 0.6) is 5.88 Å². The number of aromatic nitrogens is 2. The van der Waals surface area contributed by atoms with Gasteiger partial charge in [-0.05, 0) is 19.3 Å². The first-order chi connectivity index (χ1) is 6.93. The summed E-state index contributed by atoms with van der Waals surface area (Å²) < 4.78 is 5.78. The van der Waals surface area contributed by atoms with Gasteiger partial charge in [0.1, 0.15) is 12.4 Å². The van der Waals surface area contributed by atoms with E-state index in [0.29, 0.717) is 6.10 Å². The third-order valence-electron chi connectivity index (χ3n) is 2.86. The monoisotopic (exact) mass is 191 g/mol. The minimum Gasteiger partial charge on any atom is -0.471 e. The molecule has 74 valence electrons. The van der Waals surface area contributed by atoms with E-state index in [1.165, 1.54) is 17.7 Å². The van der Waals surface area contributed by atoms with Gasteiger partial charge in [-0.25, -0.2) is 9.97 Å². The molecule has 1 saturated heterocycles. The molecule has 1 aliphatic heterocycles. The van der Waals surface area contributed by atoms with Crippen LogP contribution in [0.1, 0.15) is 17.7 Å². The zero-order valence-corrected chi connectivity index (χ0v) is 7.99. The summed E-state index contributed by atoms with van der Waals surface area (Å²) in [5.41, 5.74) is 2.42. The van der Waals surface area contributed by atoms with E-state index in [9.17, 15) is 0 Å². The molecule has 1 fully saturated rings. The maximum Gasteiger partial charge on any atom is 0.220 e. The lowest BCUT2D eigenvalue weighted by Crippen LogP contribution is -2.50. The lowest BCUT2D eigenvalue weighted by molar-refractivity contribution is 0.134. The van der Waals surface area contributed by atoms with Crippen LogP contribution in [0.2, 0.25) is 0 Å². The topological polar surface area (TPSA) is 47.0 Å². The van der Waals surface area contributed by atoms with Crippen molar-refractivity contribution in [3.8, 4) is 5.88 Å². The van der Waals surface area contributed by atoms with Crippen LogP contribution in [-0.2, 0) is 12.8 Å². The van der Waals surface area contributed by atoms with E-state index in [4.69, 9.17) is 4.74 Å². The number of ether oxygens (including phenoxy) is 1. The van der Waals surface area contributed by atoms with E-state index in [0.717, 1.165) is 31.8 Å². The van der Waals surface area contributed by atoms with E-state index in [1.54, 1.807) is 6.33 Å². The molecular formula is C10H13N3O. The highest BCUT2D eigenvalue weighted by atomic mass is 16.5. The molecule has 1 aromatic rings. The summed E-state index contributed by atoms with van der Waals surface area (Å²) in [5, 5.41) is 3.18. The largest absolute Gasteiger partial charge is 0.471 e. The Kier molecular flexibility index (Phi) is 1.87. The quantitative estimate of drug-likeness (QED) is 0.731. The summed E-state index contributed by atoms with van der Waals surface area (Å²) in [6, 6.07) is 0. The summed E-state index contributed by atoms with van der Waals surface area (Å²) in [5.74, 6) is 0.819. The predicted molar refractivity (Wildman–Crippen MR) is 51.3 cm³/mol. The van der Waals surface area contributed by atoms with Crippen LogP contribution >= 0.6 is 0 Å². The third kappa shape index (κ3) is 1.26. The predicted octanol–water partition coefficient (Wildman–Crippen LogP) is 0.316. The molecule has 1 aromatic heterocycles. The first kappa shape index (κ1) is 8.17. The average Bonchev–Trinajstić information content (AvgIpc) is 2.59. The van der Waals surface area contributed by atoms with Crippen LogP contribution in [0, 0.1) is 0 Å². The van der Waals surface area contributed by atoms with Crippen molar-refractivity contribution in [1.82, 2.24) is 15.3 Å². The van der Waals surface area contributed by atoms with Crippen molar-refractivity contribution in [3.05, 3.63) is 17.6 Å². The number of rotatable bonds is 2. The molecule has 2 heterocycles. The molecule has 0 bridgehead atoms. The van der Waals surface area contributed by atoms with Crippen molar-refractivity contribution in [1.29, 1.82) is 0 Å². The number of fused-ring (bicyclic) bond motifs is 1. The molecule has 1 N–H and O–H groups in total. The van der Waals surface area contributed by atoms with Gasteiger partial charge >= 0.3 is 0 Å². The highest BCUT2D eigenvalue weighted by Gasteiger charge is 2.23. The number of hydrogen-bond acceptors (Lipinski definition) is 4. The van der Waals surface area contributed by atoms with E-state index >= 15 is 0 Å². The van der Waals surface area contributed by atoms with Crippen LogP contribution in [-0.4, -0.2) is 29.2 Å². The van der Waals surface area contributed by atoms with Crippen molar-refractivity contribution in [2.24, 2.45) is 0 Å². The van der Waals surface area contributed by atoms with Crippen LogP contribution < -0.4 is 10.1 Å². The van der Waals surface area contributed by atoms with Crippen molar-refractivity contribution in [2.45, 2.75) is 25.4 Å². The molecule has 14 heavy (non-hydrogen) atoms. The highest BCUT2D eigenvalue weighted by molar-refractivity contribution is 5.33. The van der Waals surface area contributed by atoms with Gasteiger partial charge in [0.05, 0.1) is 5.69 Å². The molecule has 0 amide bonds. The van der Waals surface area contributed by atoms with E-state index in [2.05, 4.69) is 15.3 Å². The fraction of sp³-hybridized carbons (Fsp3) is 0.600. The molecular weight excluding hydrogens is 178 g/mol. The molecule has 4 heteroatoms. The maximum atomic E-state index is 5.78. The van der Waals surface area contributed by atoms with Gasteiger partial charge in [-0.1, -0.05) is 0 Å². The van der Waals surface area contributed by atoms with Crippen molar-refractivity contribution >= 4 is 0 Å². The number of nitrogens with one attached hydrogen (secondary N) is 1. The standard InChI is InChI=1S/C10H13N3O/c1-2-8-9(3-1)12-6-13-10(8)14-7-4-11-5-7/h6-7,11H,1-5H2. The molecule has 0 atom stereocenters. The van der Waals surface area contributed by atoms with E-state index in [1.807, 2.05) is 0 Å².